The van der Waals surface area contributed by atoms with Crippen LogP contribution in [0.5, 0.6) is 0 Å². The van der Waals surface area contributed by atoms with Crippen molar-refractivity contribution in [3.05, 3.63) is 69.4 Å². The Morgan fingerprint density at radius 2 is 1.79 bits per heavy atom. The van der Waals surface area contributed by atoms with Gasteiger partial charge in [0.05, 0.1) is 0 Å². The molecule has 2 aromatic heterocycles. The second-order valence-corrected chi connectivity index (χ2v) is 9.37. The number of carbonyl (C=O) groups is 3. The molecule has 9 nitrogen and oxygen atoms in total. The van der Waals surface area contributed by atoms with Gasteiger partial charge < -0.3 is 15.5 Å². The summed E-state index contributed by atoms with van der Waals surface area (Å²) in [6, 6.07) is 10.4. The maximum atomic E-state index is 12.8. The lowest BCUT2D eigenvalue weighted by Gasteiger charge is -2.31. The SMILES string of the molecule is O=C(CC1CCN(C(=O)c2nnc(C(=O)Nc3ccc(Cl)cc3)s2)CC1)NCc1cccnc1. The summed E-state index contributed by atoms with van der Waals surface area (Å²) in [5, 5.41) is 14.3. The third-order valence-corrected chi connectivity index (χ3v) is 6.65. The number of hydrogen-bond donors (Lipinski definition) is 2. The molecular formula is C23H23ClN6O3S. The number of nitrogens with one attached hydrogen (secondary N) is 2. The minimum atomic E-state index is -0.435. The van der Waals surface area contributed by atoms with E-state index in [-0.39, 0.29) is 27.7 Å². The number of aromatic nitrogens is 3. The Bertz CT molecular complexity index is 1150. The van der Waals surface area contributed by atoms with Crippen molar-refractivity contribution >= 4 is 46.3 Å². The standard InChI is InChI=1S/C23H23ClN6O3S/c24-17-3-5-18(6-4-17)27-20(32)21-28-29-22(34-21)23(33)30-10-7-15(8-11-30)12-19(31)26-14-16-2-1-9-25-13-16/h1-6,9,13,15H,7-8,10-12,14H2,(H,26,31)(H,27,32). The lowest BCUT2D eigenvalue weighted by atomic mass is 9.93. The molecular weight excluding hydrogens is 476 g/mol. The fraction of sp³-hybridized carbons (Fsp3) is 0.304. The summed E-state index contributed by atoms with van der Waals surface area (Å²) in [5.41, 5.74) is 1.53. The van der Waals surface area contributed by atoms with Gasteiger partial charge in [-0.15, -0.1) is 10.2 Å². The van der Waals surface area contributed by atoms with E-state index in [0.717, 1.165) is 29.7 Å². The monoisotopic (exact) mass is 498 g/mol. The molecule has 3 heterocycles. The number of amides is 3. The molecule has 3 aromatic rings. The van der Waals surface area contributed by atoms with Crippen LogP contribution in [0.1, 0.15) is 44.4 Å². The number of rotatable bonds is 7. The Morgan fingerprint density at radius 1 is 1.06 bits per heavy atom. The molecule has 176 valence electrons. The van der Waals surface area contributed by atoms with Crippen LogP contribution in [0.3, 0.4) is 0 Å². The largest absolute Gasteiger partial charge is 0.352 e. The molecule has 0 atom stereocenters. The Hall–Kier alpha value is -3.37. The predicted molar refractivity (Wildman–Crippen MR) is 129 cm³/mol. The summed E-state index contributed by atoms with van der Waals surface area (Å²) >= 11 is 6.81. The van der Waals surface area contributed by atoms with E-state index in [9.17, 15) is 14.4 Å². The van der Waals surface area contributed by atoms with Crippen LogP contribution in [0.25, 0.3) is 0 Å². The number of carbonyl (C=O) groups excluding carboxylic acids is 3. The summed E-state index contributed by atoms with van der Waals surface area (Å²) in [6.45, 7) is 1.52. The number of halogens is 1. The van der Waals surface area contributed by atoms with Gasteiger partial charge in [0.1, 0.15) is 0 Å². The molecule has 11 heteroatoms. The van der Waals surface area contributed by atoms with E-state index in [0.29, 0.717) is 36.8 Å². The predicted octanol–water partition coefficient (Wildman–Crippen LogP) is 3.40. The molecule has 0 spiro atoms. The van der Waals surface area contributed by atoms with Gasteiger partial charge in [0.15, 0.2) is 0 Å². The van der Waals surface area contributed by atoms with Crippen LogP contribution in [0.15, 0.2) is 48.8 Å². The highest BCUT2D eigenvalue weighted by molar-refractivity contribution is 7.15. The molecule has 0 bridgehead atoms. The van der Waals surface area contributed by atoms with Crippen LogP contribution < -0.4 is 10.6 Å². The van der Waals surface area contributed by atoms with E-state index in [1.54, 1.807) is 41.6 Å². The van der Waals surface area contributed by atoms with Crippen molar-refractivity contribution in [2.24, 2.45) is 5.92 Å². The second kappa shape index (κ2) is 11.2. The number of nitrogens with zero attached hydrogens (tertiary/aromatic N) is 4. The number of pyridine rings is 1. The van der Waals surface area contributed by atoms with Gasteiger partial charge in [-0.05, 0) is 54.7 Å². The highest BCUT2D eigenvalue weighted by atomic mass is 35.5. The van der Waals surface area contributed by atoms with Crippen molar-refractivity contribution in [3.63, 3.8) is 0 Å². The Morgan fingerprint density at radius 3 is 2.50 bits per heavy atom. The van der Waals surface area contributed by atoms with E-state index in [4.69, 9.17) is 11.6 Å². The van der Waals surface area contributed by atoms with Gasteiger partial charge in [0.25, 0.3) is 11.8 Å². The Labute approximate surface area is 205 Å². The topological polar surface area (TPSA) is 117 Å². The first kappa shape index (κ1) is 23.8. The third kappa shape index (κ3) is 6.36. The van der Waals surface area contributed by atoms with Crippen molar-refractivity contribution in [3.8, 4) is 0 Å². The highest BCUT2D eigenvalue weighted by Crippen LogP contribution is 2.23. The van der Waals surface area contributed by atoms with E-state index in [1.807, 2.05) is 12.1 Å². The molecule has 4 rings (SSSR count). The highest BCUT2D eigenvalue weighted by Gasteiger charge is 2.27. The van der Waals surface area contributed by atoms with Gasteiger partial charge in [-0.25, -0.2) is 0 Å². The molecule has 34 heavy (non-hydrogen) atoms. The minimum Gasteiger partial charge on any atom is -0.352 e. The smallest absolute Gasteiger partial charge is 0.286 e. The van der Waals surface area contributed by atoms with E-state index < -0.39 is 5.91 Å². The molecule has 0 saturated carbocycles. The molecule has 1 aromatic carbocycles. The first-order valence-corrected chi connectivity index (χ1v) is 12.0. The average Bonchev–Trinajstić information content (AvgIpc) is 3.35. The molecule has 1 aliphatic rings. The minimum absolute atomic E-state index is 0.00547. The summed E-state index contributed by atoms with van der Waals surface area (Å²) in [7, 11) is 0. The van der Waals surface area contributed by atoms with Crippen molar-refractivity contribution in [1.29, 1.82) is 0 Å². The summed E-state index contributed by atoms with van der Waals surface area (Å²) in [5.74, 6) is -0.473. The van der Waals surface area contributed by atoms with E-state index >= 15 is 0 Å². The summed E-state index contributed by atoms with van der Waals surface area (Å²) in [6.07, 6.45) is 5.31. The fourth-order valence-electron chi connectivity index (χ4n) is 3.63. The van der Waals surface area contributed by atoms with Crippen molar-refractivity contribution in [2.75, 3.05) is 18.4 Å². The molecule has 2 N–H and O–H groups in total. The lowest BCUT2D eigenvalue weighted by Crippen LogP contribution is -2.39. The molecule has 0 radical (unpaired) electrons. The molecule has 1 saturated heterocycles. The van der Waals surface area contributed by atoms with Crippen LogP contribution in [-0.4, -0.2) is 50.9 Å². The Balaban J connectivity index is 1.23. The summed E-state index contributed by atoms with van der Waals surface area (Å²) in [4.78, 5) is 43.2. The van der Waals surface area contributed by atoms with E-state index in [1.165, 1.54) is 0 Å². The van der Waals surface area contributed by atoms with Crippen molar-refractivity contribution in [1.82, 2.24) is 25.4 Å². The van der Waals surface area contributed by atoms with Gasteiger partial charge in [0.2, 0.25) is 15.9 Å². The maximum absolute atomic E-state index is 12.8. The normalized spacial score (nSPS) is 14.0. The average molecular weight is 499 g/mol. The van der Waals surface area contributed by atoms with Crippen LogP contribution in [0.4, 0.5) is 5.69 Å². The number of benzene rings is 1. The quantitative estimate of drug-likeness (QED) is 0.515. The zero-order valence-electron chi connectivity index (χ0n) is 18.2. The number of likely N-dealkylation sites (tertiary alicyclic amines) is 1. The van der Waals surface area contributed by atoms with Crippen LogP contribution >= 0.6 is 22.9 Å². The molecule has 1 fully saturated rings. The molecule has 0 aliphatic carbocycles. The van der Waals surface area contributed by atoms with Gasteiger partial charge >= 0.3 is 0 Å². The van der Waals surface area contributed by atoms with Gasteiger partial charge in [-0.3, -0.25) is 19.4 Å². The number of piperidine rings is 1. The van der Waals surface area contributed by atoms with E-state index in [2.05, 4.69) is 25.8 Å². The molecule has 3 amide bonds. The van der Waals surface area contributed by atoms with Gasteiger partial charge in [-0.1, -0.05) is 29.0 Å². The Kier molecular flexibility index (Phi) is 7.81. The zero-order valence-corrected chi connectivity index (χ0v) is 19.8. The number of anilines is 1. The molecule has 1 aliphatic heterocycles. The van der Waals surface area contributed by atoms with Gasteiger partial charge in [0, 0.05) is 49.2 Å². The van der Waals surface area contributed by atoms with Gasteiger partial charge in [-0.2, -0.15) is 0 Å². The second-order valence-electron chi connectivity index (χ2n) is 7.95. The third-order valence-electron chi connectivity index (χ3n) is 5.49. The molecule has 0 unspecified atom stereocenters. The zero-order chi connectivity index (χ0) is 23.9. The van der Waals surface area contributed by atoms with Crippen molar-refractivity contribution < 1.29 is 14.4 Å². The van der Waals surface area contributed by atoms with Crippen LogP contribution in [0, 0.1) is 5.92 Å². The summed E-state index contributed by atoms with van der Waals surface area (Å²) < 4.78 is 0. The first-order valence-electron chi connectivity index (χ1n) is 10.8. The van der Waals surface area contributed by atoms with Crippen LogP contribution in [-0.2, 0) is 11.3 Å². The first-order chi connectivity index (χ1) is 16.5. The van der Waals surface area contributed by atoms with Crippen LogP contribution in [0.2, 0.25) is 5.02 Å². The van der Waals surface area contributed by atoms with Crippen molar-refractivity contribution in [2.45, 2.75) is 25.8 Å². The maximum Gasteiger partial charge on any atom is 0.286 e. The number of hydrogen-bond acceptors (Lipinski definition) is 7. The fourth-order valence-corrected chi connectivity index (χ4v) is 4.46. The lowest BCUT2D eigenvalue weighted by molar-refractivity contribution is -0.122.